The summed E-state index contributed by atoms with van der Waals surface area (Å²) >= 11 is 1.14. The second-order valence-electron chi connectivity index (χ2n) is 7.31. The first-order valence-corrected chi connectivity index (χ1v) is 10.3. The van der Waals surface area contributed by atoms with E-state index in [0.29, 0.717) is 12.2 Å². The highest BCUT2D eigenvalue weighted by atomic mass is 32.2. The van der Waals surface area contributed by atoms with E-state index in [1.807, 2.05) is 6.92 Å². The van der Waals surface area contributed by atoms with Crippen molar-refractivity contribution in [1.82, 2.24) is 5.32 Å². The van der Waals surface area contributed by atoms with Crippen molar-refractivity contribution >= 4 is 23.0 Å². The number of allylic oxidation sites excluding steroid dienone is 3. The van der Waals surface area contributed by atoms with E-state index in [4.69, 9.17) is 9.47 Å². The van der Waals surface area contributed by atoms with E-state index in [0.717, 1.165) is 49.4 Å². The zero-order chi connectivity index (χ0) is 18.6. The van der Waals surface area contributed by atoms with Crippen molar-refractivity contribution in [3.8, 4) is 0 Å². The summed E-state index contributed by atoms with van der Waals surface area (Å²) in [4.78, 5) is 23.8. The molecule has 2 saturated heterocycles. The van der Waals surface area contributed by atoms with Crippen molar-refractivity contribution in [3.63, 3.8) is 0 Å². The zero-order valence-electron chi connectivity index (χ0n) is 15.1. The molecule has 2 fully saturated rings. The molecule has 3 heterocycles. The topological polar surface area (TPSA) is 84.9 Å². The Balaban J connectivity index is 1.76. The Morgan fingerprint density at radius 2 is 2.08 bits per heavy atom. The van der Waals surface area contributed by atoms with Gasteiger partial charge in [-0.15, -0.1) is 0 Å². The molecule has 0 saturated carbocycles. The van der Waals surface area contributed by atoms with Crippen molar-refractivity contribution in [2.75, 3.05) is 5.75 Å². The van der Waals surface area contributed by atoms with Crippen LogP contribution < -0.4 is 5.32 Å². The third-order valence-corrected chi connectivity index (χ3v) is 5.93. The number of carbonyl (C=O) groups is 2. The lowest BCUT2D eigenvalue weighted by molar-refractivity contribution is -0.283. The maximum Gasteiger partial charge on any atom is 0.330 e. The number of hydrogen-bond donors (Lipinski definition) is 2. The Bertz CT molecular complexity index is 605. The minimum absolute atomic E-state index is 0.159. The van der Waals surface area contributed by atoms with Crippen molar-refractivity contribution < 1.29 is 24.2 Å². The standard InChI is InChI=1S/C19H27NO5S/c1-13-7-5-3-2-4-6-8-14-10-15(24-17(21)9-13)11-19(23,25-14)16-12-26-18(22)20-16/h2-3,9,14-16,23H,4-8,10-12H2,1H3,(H,20,22)/b3-2+,13-9-/t14-,15?,16?,19?/m1/s1. The molecular formula is C19H27NO5S. The van der Waals surface area contributed by atoms with Crippen LogP contribution in [0.15, 0.2) is 23.8 Å². The number of rotatable bonds is 1. The predicted octanol–water partition coefficient (Wildman–Crippen LogP) is 3.06. The highest BCUT2D eigenvalue weighted by molar-refractivity contribution is 8.14. The van der Waals surface area contributed by atoms with Gasteiger partial charge in [-0.2, -0.15) is 0 Å². The van der Waals surface area contributed by atoms with Gasteiger partial charge in [0.1, 0.15) is 6.10 Å². The SMILES string of the molecule is C/C1=C/C(=O)OC2C[C@@H](CCC/C=C/CC1)OC(O)(C1CSC(=O)N1)C2. The lowest BCUT2D eigenvalue weighted by atomic mass is 9.91. The van der Waals surface area contributed by atoms with Crippen LogP contribution in [0.3, 0.4) is 0 Å². The van der Waals surface area contributed by atoms with E-state index < -0.39 is 17.9 Å². The Morgan fingerprint density at radius 3 is 2.85 bits per heavy atom. The minimum atomic E-state index is -1.50. The van der Waals surface area contributed by atoms with E-state index in [9.17, 15) is 14.7 Å². The number of ether oxygens (including phenoxy) is 2. The van der Waals surface area contributed by atoms with Gasteiger partial charge in [0.25, 0.3) is 5.24 Å². The van der Waals surface area contributed by atoms with Crippen molar-refractivity contribution in [2.45, 2.75) is 75.9 Å². The van der Waals surface area contributed by atoms with Gasteiger partial charge in [-0.05, 0) is 39.0 Å². The molecule has 0 aromatic carbocycles. The summed E-state index contributed by atoms with van der Waals surface area (Å²) in [5.41, 5.74) is 0.982. The van der Waals surface area contributed by atoms with Gasteiger partial charge in [0.2, 0.25) is 0 Å². The summed E-state index contributed by atoms with van der Waals surface area (Å²) in [5, 5.41) is 13.7. The Kier molecular flexibility index (Phi) is 6.42. The lowest BCUT2D eigenvalue weighted by Crippen LogP contribution is -2.58. The van der Waals surface area contributed by atoms with Crippen molar-refractivity contribution in [3.05, 3.63) is 23.8 Å². The second-order valence-corrected chi connectivity index (χ2v) is 8.30. The van der Waals surface area contributed by atoms with E-state index in [1.54, 1.807) is 0 Å². The molecule has 0 radical (unpaired) electrons. The van der Waals surface area contributed by atoms with Gasteiger partial charge >= 0.3 is 5.97 Å². The molecule has 0 spiro atoms. The van der Waals surface area contributed by atoms with E-state index in [2.05, 4.69) is 17.5 Å². The molecule has 26 heavy (non-hydrogen) atoms. The summed E-state index contributed by atoms with van der Waals surface area (Å²) in [5.74, 6) is -1.43. The van der Waals surface area contributed by atoms with Crippen LogP contribution in [-0.2, 0) is 14.3 Å². The molecule has 4 atom stereocenters. The summed E-state index contributed by atoms with van der Waals surface area (Å²) in [6, 6.07) is -0.486. The lowest BCUT2D eigenvalue weighted by Gasteiger charge is -2.43. The van der Waals surface area contributed by atoms with Crippen LogP contribution in [0.1, 0.15) is 51.9 Å². The molecule has 7 heteroatoms. The van der Waals surface area contributed by atoms with Crippen LogP contribution in [0.4, 0.5) is 4.79 Å². The first kappa shape index (κ1) is 19.5. The van der Waals surface area contributed by atoms with Gasteiger partial charge in [0, 0.05) is 24.7 Å². The summed E-state index contributed by atoms with van der Waals surface area (Å²) in [6.45, 7) is 1.93. The molecule has 3 aliphatic heterocycles. The number of thioether (sulfide) groups is 1. The zero-order valence-corrected chi connectivity index (χ0v) is 15.9. The molecule has 144 valence electrons. The molecule has 0 aliphatic carbocycles. The summed E-state index contributed by atoms with van der Waals surface area (Å²) in [6.07, 6.45) is 10.4. The van der Waals surface area contributed by atoms with Crippen LogP contribution in [0, 0.1) is 0 Å². The number of nitrogens with one attached hydrogen (secondary N) is 1. The largest absolute Gasteiger partial charge is 0.459 e. The molecule has 2 bridgehead atoms. The quantitative estimate of drug-likeness (QED) is 0.536. The second kappa shape index (κ2) is 8.59. The fraction of sp³-hybridized carbons (Fsp3) is 0.684. The number of esters is 1. The molecule has 0 aromatic rings. The van der Waals surface area contributed by atoms with Crippen LogP contribution >= 0.6 is 11.8 Å². The smallest absolute Gasteiger partial charge is 0.330 e. The minimum Gasteiger partial charge on any atom is -0.459 e. The fourth-order valence-corrected chi connectivity index (χ4v) is 4.58. The number of fused-ring (bicyclic) bond motifs is 2. The van der Waals surface area contributed by atoms with E-state index in [1.165, 1.54) is 6.08 Å². The fourth-order valence-electron chi connectivity index (χ4n) is 3.69. The Hall–Kier alpha value is -1.31. The van der Waals surface area contributed by atoms with Crippen molar-refractivity contribution in [2.24, 2.45) is 0 Å². The average molecular weight is 381 g/mol. The summed E-state index contributed by atoms with van der Waals surface area (Å²) < 4.78 is 11.6. The Morgan fingerprint density at radius 1 is 1.27 bits per heavy atom. The van der Waals surface area contributed by atoms with Crippen LogP contribution in [0.25, 0.3) is 0 Å². The van der Waals surface area contributed by atoms with Gasteiger partial charge in [-0.1, -0.05) is 29.5 Å². The molecule has 0 aromatic heterocycles. The normalized spacial score (nSPS) is 39.9. The molecule has 3 unspecified atom stereocenters. The number of hydrogen-bond acceptors (Lipinski definition) is 6. The molecule has 1 amide bonds. The molecule has 2 N–H and O–H groups in total. The van der Waals surface area contributed by atoms with Gasteiger partial charge < -0.3 is 19.9 Å². The summed E-state index contributed by atoms with van der Waals surface area (Å²) in [7, 11) is 0. The van der Waals surface area contributed by atoms with Crippen LogP contribution in [-0.4, -0.2) is 46.1 Å². The first-order chi connectivity index (χ1) is 12.4. The monoisotopic (exact) mass is 381 g/mol. The number of amides is 1. The third-order valence-electron chi connectivity index (χ3n) is 5.05. The molecule has 3 rings (SSSR count). The molecule has 6 nitrogen and oxygen atoms in total. The van der Waals surface area contributed by atoms with E-state index in [-0.39, 0.29) is 23.7 Å². The van der Waals surface area contributed by atoms with Gasteiger partial charge in [-0.25, -0.2) is 4.79 Å². The number of aliphatic hydroxyl groups is 1. The highest BCUT2D eigenvalue weighted by Gasteiger charge is 2.49. The van der Waals surface area contributed by atoms with Gasteiger partial charge in [0.05, 0.1) is 12.1 Å². The average Bonchev–Trinajstić information content (AvgIpc) is 3.00. The third kappa shape index (κ3) is 5.11. The van der Waals surface area contributed by atoms with E-state index >= 15 is 0 Å². The highest BCUT2D eigenvalue weighted by Crippen LogP contribution is 2.36. The van der Waals surface area contributed by atoms with Crippen LogP contribution in [0.2, 0.25) is 0 Å². The first-order valence-electron chi connectivity index (χ1n) is 9.31. The maximum atomic E-state index is 12.2. The molecular weight excluding hydrogens is 354 g/mol. The van der Waals surface area contributed by atoms with Crippen LogP contribution in [0.5, 0.6) is 0 Å². The number of carbonyl (C=O) groups excluding carboxylic acids is 2. The van der Waals surface area contributed by atoms with Crippen molar-refractivity contribution in [1.29, 1.82) is 0 Å². The Labute approximate surface area is 158 Å². The van der Waals surface area contributed by atoms with Gasteiger partial charge in [-0.3, -0.25) is 4.79 Å². The predicted molar refractivity (Wildman–Crippen MR) is 99.7 cm³/mol. The molecule has 3 aliphatic rings. The van der Waals surface area contributed by atoms with Gasteiger partial charge in [0.15, 0.2) is 5.79 Å². The maximum absolute atomic E-state index is 12.2.